The lowest BCUT2D eigenvalue weighted by molar-refractivity contribution is -0.136. The average Bonchev–Trinajstić information content (AvgIpc) is 2.96. The van der Waals surface area contributed by atoms with Crippen molar-refractivity contribution >= 4 is 28.8 Å². The van der Waals surface area contributed by atoms with Gasteiger partial charge < -0.3 is 10.6 Å². The van der Waals surface area contributed by atoms with Gasteiger partial charge in [0.1, 0.15) is 0 Å². The molecule has 1 aromatic heterocycles. The first kappa shape index (κ1) is 15.3. The second kappa shape index (κ2) is 7.04. The van der Waals surface area contributed by atoms with Gasteiger partial charge in [-0.1, -0.05) is 6.07 Å². The number of hydrogen-bond acceptors (Lipinski definition) is 3. The lowest BCUT2D eigenvalue weighted by atomic mass is 10.1. The van der Waals surface area contributed by atoms with Crippen LogP contribution in [0.2, 0.25) is 0 Å². The molecule has 2 amide bonds. The minimum Gasteiger partial charge on any atom is -0.347 e. The minimum atomic E-state index is -0.636. The zero-order valence-electron chi connectivity index (χ0n) is 12.1. The molecule has 0 bridgehead atoms. The molecule has 4 nitrogen and oxygen atoms in total. The van der Waals surface area contributed by atoms with Gasteiger partial charge in [-0.15, -0.1) is 0 Å². The quantitative estimate of drug-likeness (QED) is 0.853. The van der Waals surface area contributed by atoms with Crippen LogP contribution in [0.15, 0.2) is 35.0 Å². The van der Waals surface area contributed by atoms with Crippen molar-refractivity contribution < 1.29 is 9.59 Å². The van der Waals surface area contributed by atoms with Crippen LogP contribution in [0, 0.1) is 13.8 Å². The Morgan fingerprint density at radius 1 is 1.10 bits per heavy atom. The molecule has 2 aromatic rings. The number of amides is 2. The number of rotatable bonds is 4. The van der Waals surface area contributed by atoms with E-state index in [9.17, 15) is 9.59 Å². The molecule has 0 saturated heterocycles. The molecule has 0 aliphatic carbocycles. The van der Waals surface area contributed by atoms with Crippen molar-refractivity contribution in [1.29, 1.82) is 0 Å². The Morgan fingerprint density at radius 2 is 1.90 bits per heavy atom. The highest BCUT2D eigenvalue weighted by atomic mass is 32.1. The second-order valence-corrected chi connectivity index (χ2v) is 5.67. The third-order valence-corrected chi connectivity index (χ3v) is 3.98. The minimum absolute atomic E-state index is 0.454. The number of anilines is 1. The summed E-state index contributed by atoms with van der Waals surface area (Å²) in [5.41, 5.74) is 4.02. The number of thiophene rings is 1. The molecule has 5 heteroatoms. The summed E-state index contributed by atoms with van der Waals surface area (Å²) in [5.74, 6) is -1.24. The van der Waals surface area contributed by atoms with Crippen molar-refractivity contribution in [2.24, 2.45) is 0 Å². The van der Waals surface area contributed by atoms with Crippen molar-refractivity contribution in [2.75, 3.05) is 11.9 Å². The average molecular weight is 302 g/mol. The Morgan fingerprint density at radius 3 is 2.57 bits per heavy atom. The highest BCUT2D eigenvalue weighted by Crippen LogP contribution is 2.13. The van der Waals surface area contributed by atoms with Crippen LogP contribution in [-0.4, -0.2) is 18.4 Å². The standard InChI is InChI=1S/C16H18N2O2S/c1-11-3-4-14(9-12(11)2)18-16(20)15(19)17-7-5-13-6-8-21-10-13/h3-4,6,8-10H,5,7H2,1-2H3,(H,17,19)(H,18,20). The zero-order valence-corrected chi connectivity index (χ0v) is 12.9. The van der Waals surface area contributed by atoms with E-state index in [0.717, 1.165) is 23.1 Å². The van der Waals surface area contributed by atoms with Crippen LogP contribution >= 0.6 is 11.3 Å². The van der Waals surface area contributed by atoms with E-state index < -0.39 is 11.8 Å². The molecule has 2 N–H and O–H groups in total. The summed E-state index contributed by atoms with van der Waals surface area (Å²) < 4.78 is 0. The van der Waals surface area contributed by atoms with Gasteiger partial charge in [0, 0.05) is 12.2 Å². The summed E-state index contributed by atoms with van der Waals surface area (Å²) in [6, 6.07) is 7.57. The van der Waals surface area contributed by atoms with Crippen LogP contribution < -0.4 is 10.6 Å². The van der Waals surface area contributed by atoms with E-state index in [0.29, 0.717) is 12.2 Å². The van der Waals surface area contributed by atoms with Crippen molar-refractivity contribution in [2.45, 2.75) is 20.3 Å². The Hall–Kier alpha value is -2.14. The Labute approximate surface area is 128 Å². The lowest BCUT2D eigenvalue weighted by Gasteiger charge is -2.08. The van der Waals surface area contributed by atoms with Gasteiger partial charge in [-0.25, -0.2) is 0 Å². The summed E-state index contributed by atoms with van der Waals surface area (Å²) in [5, 5.41) is 9.24. The molecule has 0 atom stereocenters. The third-order valence-electron chi connectivity index (χ3n) is 3.25. The second-order valence-electron chi connectivity index (χ2n) is 4.89. The highest BCUT2D eigenvalue weighted by molar-refractivity contribution is 7.07. The number of carbonyl (C=O) groups excluding carboxylic acids is 2. The maximum absolute atomic E-state index is 11.8. The van der Waals surface area contributed by atoms with E-state index in [1.54, 1.807) is 17.4 Å². The third kappa shape index (κ3) is 4.43. The summed E-state index contributed by atoms with van der Waals surface area (Å²) in [6.07, 6.45) is 0.728. The summed E-state index contributed by atoms with van der Waals surface area (Å²) in [7, 11) is 0. The molecule has 21 heavy (non-hydrogen) atoms. The normalized spacial score (nSPS) is 10.2. The molecule has 0 saturated carbocycles. The molecule has 0 unspecified atom stereocenters. The van der Waals surface area contributed by atoms with E-state index >= 15 is 0 Å². The van der Waals surface area contributed by atoms with Crippen LogP contribution in [0.4, 0.5) is 5.69 Å². The molecule has 110 valence electrons. The van der Waals surface area contributed by atoms with Gasteiger partial charge in [0.25, 0.3) is 0 Å². The number of aryl methyl sites for hydroxylation is 2. The Balaban J connectivity index is 1.81. The molecule has 1 aromatic carbocycles. The fourth-order valence-corrected chi connectivity index (χ4v) is 2.55. The van der Waals surface area contributed by atoms with Crippen molar-refractivity contribution in [3.8, 4) is 0 Å². The van der Waals surface area contributed by atoms with Crippen LogP contribution in [-0.2, 0) is 16.0 Å². The molecule has 0 aliphatic heterocycles. The van der Waals surface area contributed by atoms with Gasteiger partial charge in [0.05, 0.1) is 0 Å². The first-order chi connectivity index (χ1) is 10.1. The largest absolute Gasteiger partial charge is 0.347 e. The summed E-state index contributed by atoms with van der Waals surface area (Å²) in [4.78, 5) is 23.5. The van der Waals surface area contributed by atoms with Crippen molar-refractivity contribution in [3.63, 3.8) is 0 Å². The Kier molecular flexibility index (Phi) is 5.11. The number of hydrogen-bond donors (Lipinski definition) is 2. The molecular weight excluding hydrogens is 284 g/mol. The van der Waals surface area contributed by atoms with Crippen LogP contribution in [0.1, 0.15) is 16.7 Å². The molecule has 0 radical (unpaired) electrons. The predicted molar refractivity (Wildman–Crippen MR) is 85.6 cm³/mol. The van der Waals surface area contributed by atoms with E-state index in [1.165, 1.54) is 0 Å². The predicted octanol–water partition coefficient (Wildman–Crippen LogP) is 2.66. The van der Waals surface area contributed by atoms with Crippen LogP contribution in [0.5, 0.6) is 0 Å². The number of benzene rings is 1. The highest BCUT2D eigenvalue weighted by Gasteiger charge is 2.13. The molecule has 0 fully saturated rings. The fourth-order valence-electron chi connectivity index (χ4n) is 1.84. The first-order valence-electron chi connectivity index (χ1n) is 6.74. The molecular formula is C16H18N2O2S. The lowest BCUT2D eigenvalue weighted by Crippen LogP contribution is -2.36. The molecule has 1 heterocycles. The van der Waals surface area contributed by atoms with E-state index in [-0.39, 0.29) is 0 Å². The van der Waals surface area contributed by atoms with Crippen molar-refractivity contribution in [1.82, 2.24) is 5.32 Å². The summed E-state index contributed by atoms with van der Waals surface area (Å²) >= 11 is 1.62. The van der Waals surface area contributed by atoms with Crippen LogP contribution in [0.25, 0.3) is 0 Å². The molecule has 2 rings (SSSR count). The van der Waals surface area contributed by atoms with Gasteiger partial charge in [-0.2, -0.15) is 11.3 Å². The van der Waals surface area contributed by atoms with Crippen LogP contribution in [0.3, 0.4) is 0 Å². The van der Waals surface area contributed by atoms with Gasteiger partial charge in [-0.3, -0.25) is 9.59 Å². The van der Waals surface area contributed by atoms with Gasteiger partial charge >= 0.3 is 11.8 Å². The van der Waals surface area contributed by atoms with E-state index in [4.69, 9.17) is 0 Å². The van der Waals surface area contributed by atoms with Gasteiger partial charge in [0.2, 0.25) is 0 Å². The van der Waals surface area contributed by atoms with Crippen molar-refractivity contribution in [3.05, 3.63) is 51.7 Å². The first-order valence-corrected chi connectivity index (χ1v) is 7.68. The summed E-state index contributed by atoms with van der Waals surface area (Å²) in [6.45, 7) is 4.42. The maximum Gasteiger partial charge on any atom is 0.313 e. The number of carbonyl (C=O) groups is 2. The van der Waals surface area contributed by atoms with Gasteiger partial charge in [-0.05, 0) is 65.9 Å². The van der Waals surface area contributed by atoms with E-state index in [2.05, 4.69) is 10.6 Å². The zero-order chi connectivity index (χ0) is 15.2. The SMILES string of the molecule is Cc1ccc(NC(=O)C(=O)NCCc2ccsc2)cc1C. The smallest absolute Gasteiger partial charge is 0.313 e. The van der Waals surface area contributed by atoms with E-state index in [1.807, 2.05) is 42.8 Å². The molecule has 0 spiro atoms. The fraction of sp³-hybridized carbons (Fsp3) is 0.250. The Bertz CT molecular complexity index is 636. The topological polar surface area (TPSA) is 58.2 Å². The molecule has 0 aliphatic rings. The van der Waals surface area contributed by atoms with Gasteiger partial charge in [0.15, 0.2) is 0 Å². The monoisotopic (exact) mass is 302 g/mol. The maximum atomic E-state index is 11.8. The number of nitrogens with one attached hydrogen (secondary N) is 2.